The van der Waals surface area contributed by atoms with E-state index in [-0.39, 0.29) is 0 Å². The minimum absolute atomic E-state index is 0.602. The van der Waals surface area contributed by atoms with E-state index in [4.69, 9.17) is 0 Å². The molecule has 0 aliphatic carbocycles. The second-order valence-corrected chi connectivity index (χ2v) is 5.30. The van der Waals surface area contributed by atoms with E-state index in [0.29, 0.717) is 13.1 Å². The fourth-order valence-corrected chi connectivity index (χ4v) is 1.77. The zero-order chi connectivity index (χ0) is 13.6. The minimum Gasteiger partial charge on any atom is -0.389 e. The Morgan fingerprint density at radius 1 is 1.33 bits per heavy atom. The molecule has 0 amide bonds. The molecule has 0 saturated heterocycles. The Labute approximate surface area is 109 Å². The normalized spacial score (nSPS) is 11.9. The number of nitrogens with one attached hydrogen (secondary N) is 1. The van der Waals surface area contributed by atoms with E-state index in [9.17, 15) is 5.11 Å². The SMILES string of the molecule is CCCNc1cnc(CN(C)CC(C)(C)O)cn1. The second-order valence-electron chi connectivity index (χ2n) is 5.30. The van der Waals surface area contributed by atoms with Crippen LogP contribution in [0.15, 0.2) is 12.4 Å². The Kier molecular flexibility index (Phi) is 5.50. The van der Waals surface area contributed by atoms with Crippen LogP contribution in [0.4, 0.5) is 5.82 Å². The summed E-state index contributed by atoms with van der Waals surface area (Å²) in [5.41, 5.74) is 0.217. The van der Waals surface area contributed by atoms with Crippen LogP contribution in [0.3, 0.4) is 0 Å². The van der Waals surface area contributed by atoms with E-state index in [1.807, 2.05) is 11.9 Å². The molecule has 0 bridgehead atoms. The summed E-state index contributed by atoms with van der Waals surface area (Å²) >= 11 is 0. The lowest BCUT2D eigenvalue weighted by atomic mass is 10.1. The molecule has 5 nitrogen and oxygen atoms in total. The molecule has 0 atom stereocenters. The molecule has 0 aromatic carbocycles. The van der Waals surface area contributed by atoms with E-state index in [1.165, 1.54) is 0 Å². The van der Waals surface area contributed by atoms with Crippen molar-refractivity contribution in [2.45, 2.75) is 39.3 Å². The van der Waals surface area contributed by atoms with Gasteiger partial charge in [0.15, 0.2) is 0 Å². The Hall–Kier alpha value is -1.20. The van der Waals surface area contributed by atoms with Gasteiger partial charge in [0, 0.05) is 19.6 Å². The van der Waals surface area contributed by atoms with E-state index < -0.39 is 5.60 Å². The topological polar surface area (TPSA) is 61.3 Å². The van der Waals surface area contributed by atoms with Gasteiger partial charge in [0.2, 0.25) is 0 Å². The Bertz CT molecular complexity index is 345. The van der Waals surface area contributed by atoms with E-state index in [2.05, 4.69) is 22.2 Å². The van der Waals surface area contributed by atoms with Crippen LogP contribution in [0.1, 0.15) is 32.9 Å². The standard InChI is InChI=1S/C13H24N4O/c1-5-6-14-12-8-15-11(7-16-12)9-17(4)10-13(2,3)18/h7-8,18H,5-6,9-10H2,1-4H3,(H,14,16). The molecule has 0 fully saturated rings. The van der Waals surface area contributed by atoms with Crippen molar-refractivity contribution in [2.24, 2.45) is 0 Å². The quantitative estimate of drug-likeness (QED) is 0.770. The first-order chi connectivity index (χ1) is 8.40. The van der Waals surface area contributed by atoms with Gasteiger partial charge in [-0.2, -0.15) is 0 Å². The van der Waals surface area contributed by atoms with Gasteiger partial charge in [-0.3, -0.25) is 9.88 Å². The van der Waals surface area contributed by atoms with Gasteiger partial charge in [0.25, 0.3) is 0 Å². The van der Waals surface area contributed by atoms with E-state index in [1.54, 1.807) is 26.2 Å². The maximum absolute atomic E-state index is 9.72. The number of aliphatic hydroxyl groups is 1. The van der Waals surface area contributed by atoms with Crippen LogP contribution in [0.2, 0.25) is 0 Å². The van der Waals surface area contributed by atoms with Gasteiger partial charge in [-0.1, -0.05) is 6.92 Å². The first-order valence-corrected chi connectivity index (χ1v) is 6.36. The molecular weight excluding hydrogens is 228 g/mol. The van der Waals surface area contributed by atoms with Crippen LogP contribution in [0, 0.1) is 0 Å². The molecule has 1 aromatic heterocycles. The molecule has 0 aliphatic rings. The van der Waals surface area contributed by atoms with Crippen molar-refractivity contribution >= 4 is 5.82 Å². The van der Waals surface area contributed by atoms with Gasteiger partial charge in [-0.05, 0) is 27.3 Å². The lowest BCUT2D eigenvalue weighted by Gasteiger charge is -2.24. The van der Waals surface area contributed by atoms with Crippen LogP contribution < -0.4 is 5.32 Å². The summed E-state index contributed by atoms with van der Waals surface area (Å²) in [5, 5.41) is 12.9. The lowest BCUT2D eigenvalue weighted by molar-refractivity contribution is 0.0421. The number of aromatic nitrogens is 2. The Morgan fingerprint density at radius 2 is 2.06 bits per heavy atom. The van der Waals surface area contributed by atoms with Gasteiger partial charge in [0.05, 0.1) is 23.7 Å². The molecular formula is C13H24N4O. The number of hydrogen-bond donors (Lipinski definition) is 2. The molecule has 2 N–H and O–H groups in total. The van der Waals surface area contributed by atoms with Gasteiger partial charge < -0.3 is 10.4 Å². The highest BCUT2D eigenvalue weighted by molar-refractivity contribution is 5.30. The second kappa shape index (κ2) is 6.66. The highest BCUT2D eigenvalue weighted by Gasteiger charge is 2.15. The largest absolute Gasteiger partial charge is 0.389 e. The van der Waals surface area contributed by atoms with Crippen molar-refractivity contribution in [3.8, 4) is 0 Å². The van der Waals surface area contributed by atoms with Gasteiger partial charge in [-0.15, -0.1) is 0 Å². The fraction of sp³-hybridized carbons (Fsp3) is 0.692. The molecule has 5 heteroatoms. The highest BCUT2D eigenvalue weighted by Crippen LogP contribution is 2.07. The monoisotopic (exact) mass is 252 g/mol. The summed E-state index contributed by atoms with van der Waals surface area (Å²) in [4.78, 5) is 10.7. The third-order valence-corrected chi connectivity index (χ3v) is 2.35. The minimum atomic E-state index is -0.690. The Morgan fingerprint density at radius 3 is 2.56 bits per heavy atom. The molecule has 102 valence electrons. The van der Waals surface area contributed by atoms with Crippen LogP contribution in [0.25, 0.3) is 0 Å². The molecule has 0 unspecified atom stereocenters. The first-order valence-electron chi connectivity index (χ1n) is 6.36. The molecule has 1 heterocycles. The molecule has 1 rings (SSSR count). The van der Waals surface area contributed by atoms with Gasteiger partial charge in [0.1, 0.15) is 5.82 Å². The number of likely N-dealkylation sites (N-methyl/N-ethyl adjacent to an activating group) is 1. The average molecular weight is 252 g/mol. The molecule has 0 spiro atoms. The molecule has 18 heavy (non-hydrogen) atoms. The first kappa shape index (κ1) is 14.9. The summed E-state index contributed by atoms with van der Waals surface area (Å²) in [7, 11) is 1.96. The van der Waals surface area contributed by atoms with E-state index >= 15 is 0 Å². The summed E-state index contributed by atoms with van der Waals surface area (Å²) in [6.45, 7) is 7.91. The zero-order valence-corrected chi connectivity index (χ0v) is 11.8. The summed E-state index contributed by atoms with van der Waals surface area (Å²) in [5.74, 6) is 0.811. The van der Waals surface area contributed by atoms with Crippen molar-refractivity contribution < 1.29 is 5.11 Å². The number of hydrogen-bond acceptors (Lipinski definition) is 5. The van der Waals surface area contributed by atoms with Gasteiger partial charge >= 0.3 is 0 Å². The smallest absolute Gasteiger partial charge is 0.144 e. The van der Waals surface area contributed by atoms with Crippen molar-refractivity contribution in [1.29, 1.82) is 0 Å². The van der Waals surface area contributed by atoms with Crippen molar-refractivity contribution in [2.75, 3.05) is 25.5 Å². The van der Waals surface area contributed by atoms with Crippen molar-refractivity contribution in [3.63, 3.8) is 0 Å². The molecule has 1 aromatic rings. The number of nitrogens with zero attached hydrogens (tertiary/aromatic N) is 3. The maximum Gasteiger partial charge on any atom is 0.144 e. The van der Waals surface area contributed by atoms with Crippen LogP contribution in [0.5, 0.6) is 0 Å². The number of rotatable bonds is 7. The Balaban J connectivity index is 2.48. The summed E-state index contributed by atoms with van der Waals surface area (Å²) in [6.07, 6.45) is 4.60. The van der Waals surface area contributed by atoms with Crippen molar-refractivity contribution in [3.05, 3.63) is 18.1 Å². The lowest BCUT2D eigenvalue weighted by Crippen LogP contribution is -2.36. The predicted octanol–water partition coefficient (Wildman–Crippen LogP) is 1.50. The predicted molar refractivity (Wildman–Crippen MR) is 73.4 cm³/mol. The average Bonchev–Trinajstić information content (AvgIpc) is 2.25. The third kappa shape index (κ3) is 5.93. The summed E-state index contributed by atoms with van der Waals surface area (Å²) in [6, 6.07) is 0. The fourth-order valence-electron chi connectivity index (χ4n) is 1.77. The third-order valence-electron chi connectivity index (χ3n) is 2.35. The van der Waals surface area contributed by atoms with Crippen LogP contribution in [-0.4, -0.2) is 45.7 Å². The molecule has 0 saturated carbocycles. The molecule has 0 radical (unpaired) electrons. The number of anilines is 1. The summed E-state index contributed by atoms with van der Waals surface area (Å²) < 4.78 is 0. The van der Waals surface area contributed by atoms with E-state index in [0.717, 1.165) is 24.5 Å². The zero-order valence-electron chi connectivity index (χ0n) is 11.8. The highest BCUT2D eigenvalue weighted by atomic mass is 16.3. The van der Waals surface area contributed by atoms with Crippen molar-refractivity contribution in [1.82, 2.24) is 14.9 Å². The molecule has 0 aliphatic heterocycles. The van der Waals surface area contributed by atoms with Crippen LogP contribution >= 0.6 is 0 Å². The van der Waals surface area contributed by atoms with Gasteiger partial charge in [-0.25, -0.2) is 4.98 Å². The maximum atomic E-state index is 9.72. The van der Waals surface area contributed by atoms with Crippen LogP contribution in [-0.2, 0) is 6.54 Å².